The van der Waals surface area contributed by atoms with Gasteiger partial charge in [-0.1, -0.05) is 61.0 Å². The summed E-state index contributed by atoms with van der Waals surface area (Å²) in [6.45, 7) is 9.28. The normalized spacial score (nSPS) is 21.5. The lowest BCUT2D eigenvalue weighted by Gasteiger charge is -2.42. The predicted octanol–water partition coefficient (Wildman–Crippen LogP) is 9.13. The summed E-state index contributed by atoms with van der Waals surface area (Å²) < 4.78 is 55.2. The second-order valence-electron chi connectivity index (χ2n) is 18.5. The van der Waals surface area contributed by atoms with Crippen LogP contribution < -0.4 is 19.1 Å². The topological polar surface area (TPSA) is 101 Å². The molecule has 0 N–H and O–H groups in total. The summed E-state index contributed by atoms with van der Waals surface area (Å²) in [5.74, 6) is 2.15. The zero-order valence-electron chi connectivity index (χ0n) is 38.7. The Labute approximate surface area is 410 Å². The lowest BCUT2D eigenvalue weighted by molar-refractivity contribution is -0.139. The molecule has 4 aromatic carbocycles. The number of allylic oxidation sites excluding steroid dienone is 1. The Morgan fingerprint density at radius 3 is 2.27 bits per heavy atom. The molecule has 4 aromatic rings. The maximum atomic E-state index is 14.7. The Hall–Kier alpha value is -3.86. The molecular weight excluding hydrogens is 987 g/mol. The summed E-state index contributed by atoms with van der Waals surface area (Å²) >= 11 is 8.93. The second-order valence-corrected chi connectivity index (χ2v) is 22.5. The molecule has 0 radical (unpaired) electrons. The van der Waals surface area contributed by atoms with Crippen molar-refractivity contribution in [1.82, 2.24) is 14.1 Å². The zero-order chi connectivity index (χ0) is 46.4. The van der Waals surface area contributed by atoms with Crippen LogP contribution in [0.5, 0.6) is 17.2 Å². The number of aryl methyl sites for hydroxylation is 1. The lowest BCUT2D eigenvalue weighted by atomic mass is 9.70. The standard InChI is InChI=1S/C52H64ClIN4O7S/c1-37(38(2)66(60,61)57(32-39-12-18-45(62-3)19-13-39)33-40-14-20-46(63-4)21-15-40)8-5-11-48(51(59)55-26-28-64-29-27-55)58-25-7-10-44(58)34-56-35-52(36-65-50-23-17-43(54)31-49(50)56)24-6-9-41-30-42(53)16-22-47(41)52/h5,11-23,30-31,37-38,44,48H,6-10,24-29,32-36H2,1-4H3/b11-5+/t37-,38+,44-,48?,52-/m0/s1. The molecule has 1 spiro atoms. The first-order chi connectivity index (χ1) is 31.9. The van der Waals surface area contributed by atoms with Crippen LogP contribution in [0, 0.1) is 9.49 Å². The van der Waals surface area contributed by atoms with Crippen LogP contribution >= 0.6 is 34.2 Å². The fourth-order valence-electron chi connectivity index (χ4n) is 10.3. The van der Waals surface area contributed by atoms with Crippen LogP contribution in [-0.4, -0.2) is 113 Å². The number of hydrogen-bond donors (Lipinski definition) is 0. The highest BCUT2D eigenvalue weighted by Crippen LogP contribution is 2.45. The van der Waals surface area contributed by atoms with E-state index in [1.165, 1.54) is 11.1 Å². The van der Waals surface area contributed by atoms with Crippen molar-refractivity contribution in [2.75, 3.05) is 71.7 Å². The molecule has 1 aliphatic carbocycles. The summed E-state index contributed by atoms with van der Waals surface area (Å²) in [5.41, 5.74) is 5.25. The van der Waals surface area contributed by atoms with Crippen LogP contribution in [0.2, 0.25) is 5.02 Å². The van der Waals surface area contributed by atoms with Gasteiger partial charge >= 0.3 is 0 Å². The third kappa shape index (κ3) is 11.0. The van der Waals surface area contributed by atoms with Crippen molar-refractivity contribution in [3.05, 3.63) is 128 Å². The van der Waals surface area contributed by atoms with E-state index in [0.29, 0.717) is 50.8 Å². The summed E-state index contributed by atoms with van der Waals surface area (Å²) in [6.07, 6.45) is 9.64. The van der Waals surface area contributed by atoms with Crippen LogP contribution in [0.15, 0.2) is 97.1 Å². The number of benzene rings is 4. The molecule has 4 aliphatic rings. The first-order valence-corrected chi connectivity index (χ1v) is 26.3. The molecule has 3 aliphatic heterocycles. The number of methoxy groups -OCH3 is 2. The van der Waals surface area contributed by atoms with Gasteiger partial charge in [0.2, 0.25) is 15.9 Å². The van der Waals surface area contributed by atoms with E-state index in [4.69, 9.17) is 30.5 Å². The molecule has 2 saturated heterocycles. The number of morpholine rings is 1. The van der Waals surface area contributed by atoms with Gasteiger partial charge in [0.15, 0.2) is 0 Å². The molecule has 3 heterocycles. The fourth-order valence-corrected chi connectivity index (χ4v) is 12.8. The number of fused-ring (bicyclic) bond motifs is 3. The van der Waals surface area contributed by atoms with Gasteiger partial charge in [-0.25, -0.2) is 8.42 Å². The van der Waals surface area contributed by atoms with E-state index in [1.54, 1.807) is 18.5 Å². The molecule has 0 bridgehead atoms. The Kier molecular flexibility index (Phi) is 15.9. The maximum absolute atomic E-state index is 14.7. The molecule has 11 nitrogen and oxygen atoms in total. The molecule has 0 saturated carbocycles. The van der Waals surface area contributed by atoms with Gasteiger partial charge < -0.3 is 28.7 Å². The van der Waals surface area contributed by atoms with Crippen LogP contribution in [0.4, 0.5) is 5.69 Å². The van der Waals surface area contributed by atoms with Crippen molar-refractivity contribution < 1.29 is 32.2 Å². The predicted molar refractivity (Wildman–Crippen MR) is 270 cm³/mol. The summed E-state index contributed by atoms with van der Waals surface area (Å²) in [6, 6.07) is 27.5. The molecule has 5 atom stereocenters. The van der Waals surface area contributed by atoms with Crippen molar-refractivity contribution in [3.8, 4) is 17.2 Å². The van der Waals surface area contributed by atoms with Crippen molar-refractivity contribution in [1.29, 1.82) is 0 Å². The first kappa shape index (κ1) is 48.6. The number of nitrogens with zero attached hydrogens (tertiary/aromatic N) is 4. The van der Waals surface area contributed by atoms with Gasteiger partial charge in [0, 0.05) is 59.3 Å². The Morgan fingerprint density at radius 2 is 1.61 bits per heavy atom. The van der Waals surface area contributed by atoms with Crippen molar-refractivity contribution in [2.45, 2.75) is 88.2 Å². The average Bonchev–Trinajstić information content (AvgIpc) is 3.73. The van der Waals surface area contributed by atoms with Crippen molar-refractivity contribution >= 4 is 55.8 Å². The van der Waals surface area contributed by atoms with Gasteiger partial charge in [-0.05, 0) is 157 Å². The smallest absolute Gasteiger partial charge is 0.244 e. The highest BCUT2D eigenvalue weighted by molar-refractivity contribution is 14.1. The van der Waals surface area contributed by atoms with E-state index in [1.807, 2.05) is 73.3 Å². The number of rotatable bonds is 16. The van der Waals surface area contributed by atoms with E-state index in [-0.39, 0.29) is 36.4 Å². The average molecular weight is 1050 g/mol. The lowest BCUT2D eigenvalue weighted by Crippen LogP contribution is -2.55. The molecule has 354 valence electrons. The van der Waals surface area contributed by atoms with Crippen LogP contribution in [0.1, 0.15) is 68.2 Å². The number of halogens is 2. The van der Waals surface area contributed by atoms with Crippen molar-refractivity contribution in [3.63, 3.8) is 0 Å². The SMILES string of the molecule is COc1ccc(CN(Cc2ccc(OC)cc2)S(=O)(=O)[C@H](C)[C@@H](C)C/C=C/C(C(=O)N2CCOCC2)N2CCC[C@H]2CN2C[C@@]3(CCCc4cc(Cl)ccc43)COc3ccc(I)cc32)cc1. The number of anilines is 1. The molecule has 2 fully saturated rings. The minimum atomic E-state index is -3.80. The third-order valence-corrected chi connectivity index (χ3v) is 17.6. The van der Waals surface area contributed by atoms with Crippen LogP contribution in [-0.2, 0) is 44.5 Å². The first-order valence-electron chi connectivity index (χ1n) is 23.4. The minimum Gasteiger partial charge on any atom is -0.497 e. The van der Waals surface area contributed by atoms with Crippen LogP contribution in [0.25, 0.3) is 0 Å². The van der Waals surface area contributed by atoms with Gasteiger partial charge in [0.05, 0.1) is 45.0 Å². The highest BCUT2D eigenvalue weighted by Gasteiger charge is 2.44. The molecular formula is C52H64ClIN4O7S. The Morgan fingerprint density at radius 1 is 0.924 bits per heavy atom. The number of hydrogen-bond acceptors (Lipinski definition) is 9. The molecule has 8 rings (SSSR count). The van der Waals surface area contributed by atoms with E-state index in [2.05, 4.69) is 74.9 Å². The van der Waals surface area contributed by atoms with Crippen LogP contribution in [0.3, 0.4) is 0 Å². The maximum Gasteiger partial charge on any atom is 0.244 e. The van der Waals surface area contributed by atoms with Gasteiger partial charge in [-0.15, -0.1) is 0 Å². The summed E-state index contributed by atoms with van der Waals surface area (Å²) in [5, 5.41) is 0.0653. The number of ether oxygens (including phenoxy) is 4. The molecule has 0 aromatic heterocycles. The Balaban J connectivity index is 1.04. The van der Waals surface area contributed by atoms with Gasteiger partial charge in [-0.3, -0.25) is 9.69 Å². The Bertz CT molecular complexity index is 2380. The summed E-state index contributed by atoms with van der Waals surface area (Å²) in [7, 11) is -0.568. The number of amides is 1. The minimum absolute atomic E-state index is 0.0728. The van der Waals surface area contributed by atoms with Gasteiger partial charge in [0.1, 0.15) is 23.3 Å². The number of likely N-dealkylation sites (tertiary alicyclic amines) is 1. The number of sulfonamides is 1. The quantitative estimate of drug-likeness (QED) is 0.0804. The van der Waals surface area contributed by atoms with E-state index in [0.717, 1.165) is 82.9 Å². The van der Waals surface area contributed by atoms with Gasteiger partial charge in [0.25, 0.3) is 0 Å². The fraction of sp³-hybridized carbons (Fsp3) is 0.481. The zero-order valence-corrected chi connectivity index (χ0v) is 42.4. The van der Waals surface area contributed by atoms with E-state index < -0.39 is 21.3 Å². The van der Waals surface area contributed by atoms with E-state index in [9.17, 15) is 13.2 Å². The monoisotopic (exact) mass is 1050 g/mol. The molecule has 14 heteroatoms. The number of carbonyl (C=O) groups is 1. The second kappa shape index (κ2) is 21.6. The highest BCUT2D eigenvalue weighted by atomic mass is 127. The van der Waals surface area contributed by atoms with E-state index >= 15 is 0 Å². The third-order valence-electron chi connectivity index (χ3n) is 14.3. The molecule has 66 heavy (non-hydrogen) atoms. The largest absolute Gasteiger partial charge is 0.497 e. The number of carbonyl (C=O) groups excluding carboxylic acids is 1. The van der Waals surface area contributed by atoms with Gasteiger partial charge in [-0.2, -0.15) is 4.31 Å². The molecule has 1 amide bonds. The summed E-state index contributed by atoms with van der Waals surface area (Å²) in [4.78, 5) is 21.6. The van der Waals surface area contributed by atoms with Crippen molar-refractivity contribution in [2.24, 2.45) is 5.92 Å². The molecule has 1 unspecified atom stereocenters.